The number of hydrogen-bond donors (Lipinski definition) is 2. The van der Waals surface area contributed by atoms with Crippen molar-refractivity contribution in [1.29, 1.82) is 0 Å². The molecule has 0 unspecified atom stereocenters. The van der Waals surface area contributed by atoms with Gasteiger partial charge in [-0.15, -0.1) is 0 Å². The van der Waals surface area contributed by atoms with Crippen LogP contribution >= 0.6 is 11.6 Å². The molecule has 1 fully saturated rings. The van der Waals surface area contributed by atoms with E-state index in [9.17, 15) is 5.11 Å². The van der Waals surface area contributed by atoms with Crippen molar-refractivity contribution in [2.24, 2.45) is 0 Å². The number of nitrogens with zero attached hydrogens (tertiary/aromatic N) is 3. The fourth-order valence-electron chi connectivity index (χ4n) is 5.02. The van der Waals surface area contributed by atoms with Crippen molar-refractivity contribution in [1.82, 2.24) is 9.97 Å². The summed E-state index contributed by atoms with van der Waals surface area (Å²) in [5.74, 6) is 0.657. The summed E-state index contributed by atoms with van der Waals surface area (Å²) in [4.78, 5) is 11.2. The van der Waals surface area contributed by atoms with Gasteiger partial charge in [-0.2, -0.15) is 0 Å². The molecule has 2 aromatic carbocycles. The first-order chi connectivity index (χ1) is 18.9. The van der Waals surface area contributed by atoms with Crippen LogP contribution in [0.4, 0.5) is 11.6 Å². The maximum Gasteiger partial charge on any atom is 0.225 e. The molecule has 0 aliphatic carbocycles. The van der Waals surface area contributed by atoms with Crippen molar-refractivity contribution in [3.8, 4) is 0 Å². The SMILES string of the molecule is C=Cc1c(/C(C)=C2\CN(c3ncc(CO)cn3)CC\C2=C\c2c(CC)cccc2CC)ccc(Cl)c1N.CC. The Balaban J connectivity index is 0.00000205. The van der Waals surface area contributed by atoms with E-state index in [-0.39, 0.29) is 6.61 Å². The molecule has 39 heavy (non-hydrogen) atoms. The molecule has 5 nitrogen and oxygen atoms in total. The van der Waals surface area contributed by atoms with E-state index < -0.39 is 0 Å². The number of aromatic nitrogens is 2. The lowest BCUT2D eigenvalue weighted by molar-refractivity contribution is 0.281. The molecule has 1 aliphatic rings. The Labute approximate surface area is 238 Å². The molecule has 1 saturated heterocycles. The molecule has 3 aromatic rings. The average molecular weight is 545 g/mol. The number of nitrogens with two attached hydrogens (primary N) is 1. The second-order valence-electron chi connectivity index (χ2n) is 9.32. The molecule has 0 spiro atoms. The van der Waals surface area contributed by atoms with Gasteiger partial charge < -0.3 is 15.7 Å². The fraction of sp³-hybridized carbons (Fsp3) is 0.333. The topological polar surface area (TPSA) is 75.3 Å². The molecular weight excluding hydrogens is 504 g/mol. The lowest BCUT2D eigenvalue weighted by atomic mass is 9.86. The van der Waals surface area contributed by atoms with Crippen molar-refractivity contribution in [2.75, 3.05) is 23.7 Å². The van der Waals surface area contributed by atoms with Gasteiger partial charge in [0.05, 0.1) is 17.3 Å². The maximum atomic E-state index is 9.40. The predicted octanol–water partition coefficient (Wildman–Crippen LogP) is 7.77. The zero-order valence-corrected chi connectivity index (χ0v) is 24.6. The van der Waals surface area contributed by atoms with Crippen molar-refractivity contribution in [2.45, 2.75) is 60.5 Å². The molecule has 3 N–H and O–H groups in total. The van der Waals surface area contributed by atoms with Crippen LogP contribution < -0.4 is 10.6 Å². The summed E-state index contributed by atoms with van der Waals surface area (Å²) in [5, 5.41) is 9.92. The van der Waals surface area contributed by atoms with Crippen LogP contribution in [0.2, 0.25) is 5.02 Å². The molecule has 4 rings (SSSR count). The van der Waals surface area contributed by atoms with Gasteiger partial charge in [0.1, 0.15) is 0 Å². The standard InChI is InChI=1S/C31H35ClN4O.C2H6/c1-5-22-9-8-10-23(6-2)27(22)15-24-13-14-36(31-34-16-21(19-37)17-35-31)18-28(24)20(4)26-11-12-29(32)30(33)25(26)7-3;1-2/h7-12,15-17,37H,3,5-6,13-14,18-19,33H2,1-2,4H3;1-2H3/b24-15-,28-20+;. The predicted molar refractivity (Wildman–Crippen MR) is 168 cm³/mol. The third-order valence-electron chi connectivity index (χ3n) is 7.21. The van der Waals surface area contributed by atoms with Gasteiger partial charge in [-0.3, -0.25) is 0 Å². The number of nitrogen functional groups attached to an aromatic ring is 1. The van der Waals surface area contributed by atoms with Crippen LogP contribution in [0.25, 0.3) is 17.7 Å². The number of anilines is 2. The minimum atomic E-state index is -0.0731. The van der Waals surface area contributed by atoms with Crippen LogP contribution in [0.1, 0.15) is 74.4 Å². The van der Waals surface area contributed by atoms with E-state index in [4.69, 9.17) is 17.3 Å². The number of halogens is 1. The van der Waals surface area contributed by atoms with E-state index in [1.807, 2.05) is 26.0 Å². The number of hydrogen-bond acceptors (Lipinski definition) is 5. The molecule has 0 bridgehead atoms. The fourth-order valence-corrected chi connectivity index (χ4v) is 5.19. The zero-order chi connectivity index (χ0) is 28.5. The molecule has 0 radical (unpaired) electrons. The van der Waals surface area contributed by atoms with Crippen LogP contribution in [-0.2, 0) is 19.4 Å². The van der Waals surface area contributed by atoms with Gasteiger partial charge in [-0.25, -0.2) is 9.97 Å². The molecule has 6 heteroatoms. The third-order valence-corrected chi connectivity index (χ3v) is 7.54. The Morgan fingerprint density at radius 2 is 1.72 bits per heavy atom. The largest absolute Gasteiger partial charge is 0.397 e. The van der Waals surface area contributed by atoms with Gasteiger partial charge in [0.2, 0.25) is 5.95 Å². The summed E-state index contributed by atoms with van der Waals surface area (Å²) in [6.07, 6.45) is 10.4. The van der Waals surface area contributed by atoms with E-state index in [0.29, 0.717) is 28.8 Å². The third kappa shape index (κ3) is 6.60. The molecule has 0 saturated carbocycles. The number of aryl methyl sites for hydroxylation is 2. The van der Waals surface area contributed by atoms with Crippen LogP contribution in [0.5, 0.6) is 0 Å². The Kier molecular flexibility index (Phi) is 10.9. The number of benzene rings is 2. The van der Waals surface area contributed by atoms with Gasteiger partial charge in [-0.05, 0) is 71.2 Å². The molecule has 2 heterocycles. The van der Waals surface area contributed by atoms with E-state index in [2.05, 4.69) is 66.5 Å². The van der Waals surface area contributed by atoms with E-state index >= 15 is 0 Å². The van der Waals surface area contributed by atoms with Crippen molar-refractivity contribution >= 4 is 41.0 Å². The van der Waals surface area contributed by atoms with Crippen LogP contribution in [0.3, 0.4) is 0 Å². The van der Waals surface area contributed by atoms with Crippen molar-refractivity contribution < 1.29 is 5.11 Å². The minimum absolute atomic E-state index is 0.0731. The minimum Gasteiger partial charge on any atom is -0.397 e. The molecule has 1 aromatic heterocycles. The highest BCUT2D eigenvalue weighted by atomic mass is 35.5. The van der Waals surface area contributed by atoms with Gasteiger partial charge in [-0.1, -0.05) is 82.3 Å². The van der Waals surface area contributed by atoms with Crippen LogP contribution in [-0.4, -0.2) is 28.2 Å². The monoisotopic (exact) mass is 544 g/mol. The van der Waals surface area contributed by atoms with E-state index in [1.165, 1.54) is 27.8 Å². The quantitative estimate of drug-likeness (QED) is 0.297. The summed E-state index contributed by atoms with van der Waals surface area (Å²) in [7, 11) is 0. The second kappa shape index (κ2) is 14.1. The van der Waals surface area contributed by atoms with Gasteiger partial charge >= 0.3 is 0 Å². The molecule has 1 aliphatic heterocycles. The first-order valence-corrected chi connectivity index (χ1v) is 14.2. The number of aliphatic hydroxyl groups is 1. The smallest absolute Gasteiger partial charge is 0.225 e. The zero-order valence-electron chi connectivity index (χ0n) is 23.9. The lowest BCUT2D eigenvalue weighted by Crippen LogP contribution is -2.34. The summed E-state index contributed by atoms with van der Waals surface area (Å²) in [5.41, 5.74) is 17.2. The summed E-state index contributed by atoms with van der Waals surface area (Å²) in [6, 6.07) is 10.5. The Hall–Kier alpha value is -3.41. The summed E-state index contributed by atoms with van der Waals surface area (Å²) >= 11 is 6.34. The maximum absolute atomic E-state index is 9.40. The first-order valence-electron chi connectivity index (χ1n) is 13.8. The molecular formula is C33H41ClN4O. The number of aliphatic hydroxyl groups excluding tert-OH is 1. The highest BCUT2D eigenvalue weighted by Crippen LogP contribution is 2.37. The Morgan fingerprint density at radius 3 is 2.28 bits per heavy atom. The van der Waals surface area contributed by atoms with Crippen molar-refractivity contribution in [3.05, 3.63) is 98.9 Å². The van der Waals surface area contributed by atoms with Gasteiger partial charge in [0.25, 0.3) is 0 Å². The molecule has 0 amide bonds. The molecule has 0 atom stereocenters. The van der Waals surface area contributed by atoms with Gasteiger partial charge in [0, 0.05) is 36.6 Å². The normalized spacial score (nSPS) is 15.6. The Morgan fingerprint density at radius 1 is 1.08 bits per heavy atom. The second-order valence-corrected chi connectivity index (χ2v) is 9.72. The first kappa shape index (κ1) is 30.1. The number of piperidine rings is 1. The van der Waals surface area contributed by atoms with Gasteiger partial charge in [0.15, 0.2) is 0 Å². The highest BCUT2D eigenvalue weighted by molar-refractivity contribution is 6.33. The summed E-state index contributed by atoms with van der Waals surface area (Å²) in [6.45, 7) is 16.0. The van der Waals surface area contributed by atoms with Crippen LogP contribution in [0.15, 0.2) is 60.5 Å². The Bertz CT molecular complexity index is 1340. The van der Waals surface area contributed by atoms with Crippen LogP contribution in [0, 0.1) is 0 Å². The average Bonchev–Trinajstić information content (AvgIpc) is 2.99. The molecule has 206 valence electrons. The highest BCUT2D eigenvalue weighted by Gasteiger charge is 2.24. The number of allylic oxidation sites excluding steroid dienone is 1. The number of rotatable bonds is 7. The summed E-state index contributed by atoms with van der Waals surface area (Å²) < 4.78 is 0. The van der Waals surface area contributed by atoms with E-state index in [0.717, 1.165) is 42.5 Å². The van der Waals surface area contributed by atoms with Crippen molar-refractivity contribution in [3.63, 3.8) is 0 Å². The van der Waals surface area contributed by atoms with E-state index in [1.54, 1.807) is 18.5 Å². The lowest BCUT2D eigenvalue weighted by Gasteiger charge is -2.33.